The molecule has 92 valence electrons. The van der Waals surface area contributed by atoms with E-state index in [0.717, 1.165) is 31.1 Å². The molecule has 0 spiro atoms. The maximum absolute atomic E-state index is 11.6. The molecule has 0 saturated carbocycles. The van der Waals surface area contributed by atoms with Gasteiger partial charge in [0, 0.05) is 44.6 Å². The zero-order valence-electron chi connectivity index (χ0n) is 10.3. The summed E-state index contributed by atoms with van der Waals surface area (Å²) in [7, 11) is 1.84. The highest BCUT2D eigenvalue weighted by molar-refractivity contribution is 5.82. The number of carbonyl (C=O) groups is 1. The third-order valence-electron chi connectivity index (χ3n) is 2.92. The zero-order valence-corrected chi connectivity index (χ0v) is 10.3. The second-order valence-corrected chi connectivity index (χ2v) is 4.17. The van der Waals surface area contributed by atoms with Crippen molar-refractivity contribution in [2.75, 3.05) is 43.4 Å². The summed E-state index contributed by atoms with van der Waals surface area (Å²) in [6.07, 6.45) is 1.77. The van der Waals surface area contributed by atoms with Gasteiger partial charge in [-0.1, -0.05) is 0 Å². The molecule has 2 rings (SSSR count). The van der Waals surface area contributed by atoms with Gasteiger partial charge in [0.1, 0.15) is 5.82 Å². The van der Waals surface area contributed by atoms with Crippen LogP contribution in [0.3, 0.4) is 0 Å². The highest BCUT2D eigenvalue weighted by Gasteiger charge is 2.21. The van der Waals surface area contributed by atoms with Gasteiger partial charge in [-0.15, -0.1) is 0 Å². The molecule has 2 heterocycles. The van der Waals surface area contributed by atoms with E-state index in [1.807, 2.05) is 26.1 Å². The van der Waals surface area contributed by atoms with E-state index < -0.39 is 0 Å². The summed E-state index contributed by atoms with van der Waals surface area (Å²) < 4.78 is 0. The molecule has 5 heteroatoms. The highest BCUT2D eigenvalue weighted by atomic mass is 16.2. The van der Waals surface area contributed by atoms with Crippen LogP contribution >= 0.6 is 0 Å². The molecule has 0 aromatic carbocycles. The number of anilines is 2. The third-order valence-corrected chi connectivity index (χ3v) is 2.92. The van der Waals surface area contributed by atoms with Crippen molar-refractivity contribution in [2.45, 2.75) is 6.92 Å². The molecule has 5 nitrogen and oxygen atoms in total. The monoisotopic (exact) mass is 234 g/mol. The number of aromatic nitrogens is 1. The first-order valence-corrected chi connectivity index (χ1v) is 5.89. The van der Waals surface area contributed by atoms with Crippen LogP contribution in [-0.4, -0.2) is 49.0 Å². The number of nitrogens with zero attached hydrogens (tertiary/aromatic N) is 3. The van der Waals surface area contributed by atoms with Crippen molar-refractivity contribution in [1.29, 1.82) is 0 Å². The van der Waals surface area contributed by atoms with E-state index in [-0.39, 0.29) is 5.91 Å². The van der Waals surface area contributed by atoms with E-state index in [1.165, 1.54) is 0 Å². The van der Waals surface area contributed by atoms with Gasteiger partial charge in [0.2, 0.25) is 5.91 Å². The van der Waals surface area contributed by atoms with Gasteiger partial charge in [0.25, 0.3) is 0 Å². The van der Waals surface area contributed by atoms with Gasteiger partial charge in [0.15, 0.2) is 0 Å². The van der Waals surface area contributed by atoms with E-state index in [2.05, 4.69) is 15.2 Å². The summed E-state index contributed by atoms with van der Waals surface area (Å²) in [4.78, 5) is 19.7. The predicted octanol–water partition coefficient (Wildman–Crippen LogP) is 0.792. The molecule has 1 aromatic rings. The lowest BCUT2D eigenvalue weighted by Crippen LogP contribution is -2.48. The number of hydrogen-bond donors (Lipinski definition) is 1. The molecule has 17 heavy (non-hydrogen) atoms. The van der Waals surface area contributed by atoms with Crippen molar-refractivity contribution in [3.8, 4) is 0 Å². The van der Waals surface area contributed by atoms with Crippen LogP contribution in [0, 0.1) is 0 Å². The molecule has 1 saturated heterocycles. The maximum Gasteiger partial charge on any atom is 0.241 e. The fourth-order valence-corrected chi connectivity index (χ4v) is 1.87. The van der Waals surface area contributed by atoms with E-state index in [1.54, 1.807) is 11.1 Å². The fraction of sp³-hybridized carbons (Fsp3) is 0.500. The quantitative estimate of drug-likeness (QED) is 0.840. The normalized spacial score (nSPS) is 16.2. The van der Waals surface area contributed by atoms with Gasteiger partial charge in [-0.05, 0) is 13.0 Å². The summed E-state index contributed by atoms with van der Waals surface area (Å²) in [5, 5.41) is 3.17. The molecule has 1 N–H and O–H groups in total. The molecule has 0 atom stereocenters. The standard InChI is InChI=1S/C12H18N4O/c1-3-13-11-8-10(4-5-14-11)16-7-6-15(2)12(17)9-16/h4-5,8H,3,6-7,9H2,1-2H3,(H,13,14). The van der Waals surface area contributed by atoms with E-state index in [9.17, 15) is 4.79 Å². The minimum Gasteiger partial charge on any atom is -0.370 e. The molecule has 1 amide bonds. The van der Waals surface area contributed by atoms with Gasteiger partial charge >= 0.3 is 0 Å². The van der Waals surface area contributed by atoms with Crippen molar-refractivity contribution in [3.05, 3.63) is 18.3 Å². The summed E-state index contributed by atoms with van der Waals surface area (Å²) in [6.45, 7) is 4.98. The third kappa shape index (κ3) is 2.67. The first-order valence-electron chi connectivity index (χ1n) is 5.89. The summed E-state index contributed by atoms with van der Waals surface area (Å²) in [5.74, 6) is 1.02. The molecule has 0 radical (unpaired) electrons. The molecule has 1 aliphatic heterocycles. The lowest BCUT2D eigenvalue weighted by atomic mass is 10.2. The Morgan fingerprint density at radius 1 is 1.47 bits per heavy atom. The summed E-state index contributed by atoms with van der Waals surface area (Å²) in [5.41, 5.74) is 1.05. The average molecular weight is 234 g/mol. The van der Waals surface area contributed by atoms with Crippen molar-refractivity contribution in [3.63, 3.8) is 0 Å². The maximum atomic E-state index is 11.6. The van der Waals surface area contributed by atoms with Crippen LogP contribution in [0.2, 0.25) is 0 Å². The highest BCUT2D eigenvalue weighted by Crippen LogP contribution is 2.18. The Balaban J connectivity index is 2.11. The number of nitrogens with one attached hydrogen (secondary N) is 1. The molecule has 1 aromatic heterocycles. The number of pyridine rings is 1. The molecule has 1 aliphatic rings. The number of likely N-dealkylation sites (N-methyl/N-ethyl adjacent to an activating group) is 1. The minimum atomic E-state index is 0.165. The van der Waals surface area contributed by atoms with Crippen LogP contribution in [0.5, 0.6) is 0 Å². The van der Waals surface area contributed by atoms with Gasteiger partial charge in [-0.3, -0.25) is 4.79 Å². The number of rotatable bonds is 3. The topological polar surface area (TPSA) is 48.5 Å². The van der Waals surface area contributed by atoms with Crippen molar-refractivity contribution in [2.24, 2.45) is 0 Å². The molecule has 0 aliphatic carbocycles. The van der Waals surface area contributed by atoms with Gasteiger partial charge in [0.05, 0.1) is 6.54 Å². The first kappa shape index (κ1) is 11.7. The Hall–Kier alpha value is -1.78. The van der Waals surface area contributed by atoms with Crippen LogP contribution in [0.15, 0.2) is 18.3 Å². The van der Waals surface area contributed by atoms with E-state index >= 15 is 0 Å². The molecule has 0 bridgehead atoms. The largest absolute Gasteiger partial charge is 0.370 e. The molecule has 0 unspecified atom stereocenters. The molecule has 1 fully saturated rings. The summed E-state index contributed by atoms with van der Waals surface area (Å²) in [6, 6.07) is 3.93. The fourth-order valence-electron chi connectivity index (χ4n) is 1.87. The lowest BCUT2D eigenvalue weighted by molar-refractivity contribution is -0.129. The number of carbonyl (C=O) groups excluding carboxylic acids is 1. The lowest BCUT2D eigenvalue weighted by Gasteiger charge is -2.33. The summed E-state index contributed by atoms with van der Waals surface area (Å²) >= 11 is 0. The van der Waals surface area contributed by atoms with Crippen LogP contribution < -0.4 is 10.2 Å². The molecular weight excluding hydrogens is 216 g/mol. The second kappa shape index (κ2) is 5.03. The number of hydrogen-bond acceptors (Lipinski definition) is 4. The smallest absolute Gasteiger partial charge is 0.241 e. The Bertz CT molecular complexity index is 407. The number of piperazine rings is 1. The van der Waals surface area contributed by atoms with Crippen LogP contribution in [0.25, 0.3) is 0 Å². The van der Waals surface area contributed by atoms with Gasteiger partial charge < -0.3 is 15.1 Å². The Kier molecular flexibility index (Phi) is 3.46. The Morgan fingerprint density at radius 3 is 3.00 bits per heavy atom. The van der Waals surface area contributed by atoms with Crippen LogP contribution in [-0.2, 0) is 4.79 Å². The van der Waals surface area contributed by atoms with Crippen molar-refractivity contribution < 1.29 is 4.79 Å². The van der Waals surface area contributed by atoms with Crippen molar-refractivity contribution >= 4 is 17.4 Å². The van der Waals surface area contributed by atoms with Crippen LogP contribution in [0.1, 0.15) is 6.92 Å². The molecular formula is C12H18N4O. The van der Waals surface area contributed by atoms with Gasteiger partial charge in [-0.2, -0.15) is 0 Å². The average Bonchev–Trinajstić information content (AvgIpc) is 2.33. The Labute approximate surface area is 101 Å². The van der Waals surface area contributed by atoms with Crippen LogP contribution in [0.4, 0.5) is 11.5 Å². The van der Waals surface area contributed by atoms with Gasteiger partial charge in [-0.25, -0.2) is 4.98 Å². The zero-order chi connectivity index (χ0) is 12.3. The second-order valence-electron chi connectivity index (χ2n) is 4.17. The predicted molar refractivity (Wildman–Crippen MR) is 68.3 cm³/mol. The number of amides is 1. The Morgan fingerprint density at radius 2 is 2.29 bits per heavy atom. The van der Waals surface area contributed by atoms with Crippen molar-refractivity contribution in [1.82, 2.24) is 9.88 Å². The van der Waals surface area contributed by atoms with E-state index in [0.29, 0.717) is 6.54 Å². The minimum absolute atomic E-state index is 0.165. The van der Waals surface area contributed by atoms with E-state index in [4.69, 9.17) is 0 Å². The first-order chi connectivity index (χ1) is 8.20. The SMILES string of the molecule is CCNc1cc(N2CCN(C)C(=O)C2)ccn1.